The first kappa shape index (κ1) is 11.4. The second-order valence-electron chi connectivity index (χ2n) is 2.66. The van der Waals surface area contributed by atoms with Gasteiger partial charge in [-0.05, 0) is 12.3 Å². The van der Waals surface area contributed by atoms with E-state index in [1.165, 1.54) is 24.9 Å². The molecular weight excluding hydrogens is 214 g/mol. The standard InChI is InChI=1S/C10H9NO3S/c1-14-9-8(13)7(5-12)3-6(4-11)10(9)15-2/h3,5,13H,1-2H3. The third kappa shape index (κ3) is 1.90. The van der Waals surface area contributed by atoms with Gasteiger partial charge in [-0.1, -0.05) is 0 Å². The molecule has 0 unspecified atom stereocenters. The van der Waals surface area contributed by atoms with Crippen LogP contribution in [0.25, 0.3) is 0 Å². The van der Waals surface area contributed by atoms with Gasteiger partial charge >= 0.3 is 0 Å². The minimum atomic E-state index is -0.226. The van der Waals surface area contributed by atoms with Crippen LogP contribution in [0.2, 0.25) is 0 Å². The number of phenols is 1. The SMILES string of the molecule is COc1c(O)c(C=O)cc(C#N)c1SC. The Morgan fingerprint density at radius 3 is 2.73 bits per heavy atom. The fourth-order valence-electron chi connectivity index (χ4n) is 1.22. The smallest absolute Gasteiger partial charge is 0.176 e. The van der Waals surface area contributed by atoms with Crippen molar-refractivity contribution in [3.8, 4) is 17.6 Å². The van der Waals surface area contributed by atoms with Crippen molar-refractivity contribution in [2.75, 3.05) is 13.4 Å². The van der Waals surface area contributed by atoms with Crippen molar-refractivity contribution in [1.29, 1.82) is 5.26 Å². The van der Waals surface area contributed by atoms with Crippen LogP contribution < -0.4 is 4.74 Å². The van der Waals surface area contributed by atoms with Crippen LogP contribution in [-0.2, 0) is 0 Å². The molecule has 4 nitrogen and oxygen atoms in total. The third-order valence-electron chi connectivity index (χ3n) is 1.89. The maximum Gasteiger partial charge on any atom is 0.176 e. The molecule has 0 amide bonds. The zero-order valence-corrected chi connectivity index (χ0v) is 9.09. The molecule has 15 heavy (non-hydrogen) atoms. The van der Waals surface area contributed by atoms with E-state index in [2.05, 4.69) is 0 Å². The molecule has 0 atom stereocenters. The number of methoxy groups -OCH3 is 1. The number of carbonyl (C=O) groups is 1. The van der Waals surface area contributed by atoms with Crippen LogP contribution in [-0.4, -0.2) is 24.8 Å². The highest BCUT2D eigenvalue weighted by molar-refractivity contribution is 7.98. The number of benzene rings is 1. The predicted molar refractivity (Wildman–Crippen MR) is 56.5 cm³/mol. The van der Waals surface area contributed by atoms with Crippen molar-refractivity contribution in [2.24, 2.45) is 0 Å². The van der Waals surface area contributed by atoms with Gasteiger partial charge < -0.3 is 9.84 Å². The lowest BCUT2D eigenvalue weighted by atomic mass is 10.1. The summed E-state index contributed by atoms with van der Waals surface area (Å²) in [5.74, 6) is -0.0560. The molecule has 0 aliphatic carbocycles. The Morgan fingerprint density at radius 1 is 1.67 bits per heavy atom. The van der Waals surface area contributed by atoms with Crippen molar-refractivity contribution in [3.63, 3.8) is 0 Å². The number of nitrogens with zero attached hydrogens (tertiary/aromatic N) is 1. The summed E-state index contributed by atoms with van der Waals surface area (Å²) in [5, 5.41) is 18.5. The number of phenolic OH excluding ortho intramolecular Hbond substituents is 1. The molecule has 0 aliphatic rings. The van der Waals surface area contributed by atoms with E-state index >= 15 is 0 Å². The topological polar surface area (TPSA) is 70.3 Å². The number of hydrogen-bond donors (Lipinski definition) is 1. The molecule has 0 aromatic heterocycles. The Labute approximate surface area is 91.5 Å². The van der Waals surface area contributed by atoms with E-state index in [1.807, 2.05) is 6.07 Å². The van der Waals surface area contributed by atoms with Crippen molar-refractivity contribution < 1.29 is 14.6 Å². The summed E-state index contributed by atoms with van der Waals surface area (Å²) >= 11 is 1.28. The number of aldehydes is 1. The van der Waals surface area contributed by atoms with E-state index < -0.39 is 0 Å². The summed E-state index contributed by atoms with van der Waals surface area (Å²) in [7, 11) is 1.38. The number of aromatic hydroxyl groups is 1. The minimum Gasteiger partial charge on any atom is -0.504 e. The minimum absolute atomic E-state index is 0.0567. The van der Waals surface area contributed by atoms with Gasteiger partial charge in [0.1, 0.15) is 6.07 Å². The molecule has 0 saturated heterocycles. The zero-order valence-electron chi connectivity index (χ0n) is 8.27. The molecule has 0 aliphatic heterocycles. The van der Waals surface area contributed by atoms with Gasteiger partial charge in [0.15, 0.2) is 17.8 Å². The van der Waals surface area contributed by atoms with Gasteiger partial charge in [0, 0.05) is 0 Å². The van der Waals surface area contributed by atoms with Crippen LogP contribution >= 0.6 is 11.8 Å². The van der Waals surface area contributed by atoms with Crippen molar-refractivity contribution in [1.82, 2.24) is 0 Å². The second-order valence-corrected chi connectivity index (χ2v) is 3.47. The largest absolute Gasteiger partial charge is 0.504 e. The van der Waals surface area contributed by atoms with Crippen LogP contribution in [0, 0.1) is 11.3 Å². The molecule has 0 bridgehead atoms. The van der Waals surface area contributed by atoms with E-state index in [1.54, 1.807) is 6.26 Å². The van der Waals surface area contributed by atoms with Crippen molar-refractivity contribution >= 4 is 18.0 Å². The summed E-state index contributed by atoms with van der Waals surface area (Å²) in [5.41, 5.74) is 0.375. The van der Waals surface area contributed by atoms with E-state index in [-0.39, 0.29) is 17.1 Å². The van der Waals surface area contributed by atoms with Gasteiger partial charge in [-0.3, -0.25) is 4.79 Å². The predicted octanol–water partition coefficient (Wildman–Crippen LogP) is 1.81. The van der Waals surface area contributed by atoms with Gasteiger partial charge in [-0.25, -0.2) is 0 Å². The second kappa shape index (κ2) is 4.71. The Balaban J connectivity index is 3.59. The van der Waals surface area contributed by atoms with E-state index in [0.29, 0.717) is 16.7 Å². The molecule has 1 rings (SSSR count). The fourth-order valence-corrected chi connectivity index (χ4v) is 1.91. The lowest BCUT2D eigenvalue weighted by Gasteiger charge is -2.11. The van der Waals surface area contributed by atoms with E-state index in [4.69, 9.17) is 10.00 Å². The average molecular weight is 223 g/mol. The van der Waals surface area contributed by atoms with Gasteiger partial charge in [-0.2, -0.15) is 5.26 Å². The maximum absolute atomic E-state index is 10.6. The van der Waals surface area contributed by atoms with Crippen LogP contribution in [0.5, 0.6) is 11.5 Å². The Hall–Kier alpha value is -1.67. The highest BCUT2D eigenvalue weighted by atomic mass is 32.2. The highest BCUT2D eigenvalue weighted by Gasteiger charge is 2.17. The molecule has 0 radical (unpaired) electrons. The van der Waals surface area contributed by atoms with Crippen LogP contribution in [0.3, 0.4) is 0 Å². The summed E-state index contributed by atoms with van der Waals surface area (Å²) in [6.45, 7) is 0. The molecule has 1 aromatic rings. The number of ether oxygens (including phenoxy) is 1. The first-order chi connectivity index (χ1) is 7.19. The molecule has 5 heteroatoms. The number of nitriles is 1. The number of carbonyl (C=O) groups excluding carboxylic acids is 1. The first-order valence-corrected chi connectivity index (χ1v) is 5.25. The Morgan fingerprint density at radius 2 is 2.33 bits per heavy atom. The molecule has 0 fully saturated rings. The summed E-state index contributed by atoms with van der Waals surface area (Å²) in [6, 6.07) is 3.30. The molecule has 1 N–H and O–H groups in total. The summed E-state index contributed by atoms with van der Waals surface area (Å²) < 4.78 is 4.97. The summed E-state index contributed by atoms with van der Waals surface area (Å²) in [6.07, 6.45) is 2.25. The molecule has 0 heterocycles. The Kier molecular flexibility index (Phi) is 3.58. The van der Waals surface area contributed by atoms with Crippen LogP contribution in [0.4, 0.5) is 0 Å². The number of hydrogen-bond acceptors (Lipinski definition) is 5. The van der Waals surface area contributed by atoms with Crippen molar-refractivity contribution in [3.05, 3.63) is 17.2 Å². The molecule has 0 spiro atoms. The van der Waals surface area contributed by atoms with Crippen LogP contribution in [0.1, 0.15) is 15.9 Å². The number of rotatable bonds is 3. The zero-order chi connectivity index (χ0) is 11.4. The molecule has 78 valence electrons. The normalized spacial score (nSPS) is 9.40. The van der Waals surface area contributed by atoms with Gasteiger partial charge in [0.25, 0.3) is 0 Å². The monoisotopic (exact) mass is 223 g/mol. The first-order valence-electron chi connectivity index (χ1n) is 4.02. The van der Waals surface area contributed by atoms with Crippen LogP contribution in [0.15, 0.2) is 11.0 Å². The third-order valence-corrected chi connectivity index (χ3v) is 2.71. The van der Waals surface area contributed by atoms with E-state index in [0.717, 1.165) is 0 Å². The quantitative estimate of drug-likeness (QED) is 0.625. The van der Waals surface area contributed by atoms with Gasteiger partial charge in [0.2, 0.25) is 0 Å². The lowest BCUT2D eigenvalue weighted by molar-refractivity contribution is 0.112. The molecular formula is C10H9NO3S. The fraction of sp³-hybridized carbons (Fsp3) is 0.200. The average Bonchev–Trinajstić information content (AvgIpc) is 2.28. The molecule has 0 saturated carbocycles. The van der Waals surface area contributed by atoms with Gasteiger partial charge in [-0.15, -0.1) is 11.8 Å². The maximum atomic E-state index is 10.6. The highest BCUT2D eigenvalue weighted by Crippen LogP contribution is 2.40. The van der Waals surface area contributed by atoms with Gasteiger partial charge in [0.05, 0.1) is 23.1 Å². The Bertz CT molecular complexity index is 437. The lowest BCUT2D eigenvalue weighted by Crippen LogP contribution is -1.94. The van der Waals surface area contributed by atoms with E-state index in [9.17, 15) is 9.90 Å². The summed E-state index contributed by atoms with van der Waals surface area (Å²) in [4.78, 5) is 11.2. The molecule has 1 aromatic carbocycles. The number of thioether (sulfide) groups is 1. The van der Waals surface area contributed by atoms with Crippen molar-refractivity contribution in [2.45, 2.75) is 4.90 Å².